The van der Waals surface area contributed by atoms with Crippen molar-refractivity contribution in [3.63, 3.8) is 0 Å². The third-order valence-electron chi connectivity index (χ3n) is 4.04. The molecule has 8 heteroatoms. The highest BCUT2D eigenvalue weighted by atomic mass is 35.5. The molecule has 2 aromatic carbocycles. The van der Waals surface area contributed by atoms with Crippen LogP contribution in [0.25, 0.3) is 0 Å². The van der Waals surface area contributed by atoms with Gasteiger partial charge in [0.2, 0.25) is 5.91 Å². The largest absolute Gasteiger partial charge is 0.486 e. The van der Waals surface area contributed by atoms with Gasteiger partial charge < -0.3 is 14.6 Å². The molecule has 1 N–H and O–H groups in total. The number of aromatic nitrogens is 3. The maximum absolute atomic E-state index is 12.5. The zero-order valence-electron chi connectivity index (χ0n) is 15.8. The zero-order chi connectivity index (χ0) is 20.1. The van der Waals surface area contributed by atoms with Crippen molar-refractivity contribution in [1.82, 2.24) is 14.8 Å². The van der Waals surface area contributed by atoms with Crippen molar-refractivity contribution in [2.45, 2.75) is 30.9 Å². The van der Waals surface area contributed by atoms with Gasteiger partial charge in [-0.2, -0.15) is 0 Å². The van der Waals surface area contributed by atoms with Crippen LogP contribution in [0.3, 0.4) is 0 Å². The van der Waals surface area contributed by atoms with Gasteiger partial charge in [-0.15, -0.1) is 10.2 Å². The molecule has 1 atom stereocenters. The first-order chi connectivity index (χ1) is 13.4. The average Bonchev–Trinajstić information content (AvgIpc) is 3.01. The number of hydrogen-bond acceptors (Lipinski definition) is 5. The number of nitrogens with one attached hydrogen (secondary N) is 1. The standard InChI is InChI=1S/C20H21ClN4O2S/c1-13-5-4-6-16(11-13)22-19(26)14(2)28-20-24-23-18(25(20)3)12-27-17-9-7-15(21)8-10-17/h4-11,14H,12H2,1-3H3,(H,22,26). The maximum atomic E-state index is 12.5. The number of rotatable bonds is 7. The highest BCUT2D eigenvalue weighted by Gasteiger charge is 2.19. The zero-order valence-corrected chi connectivity index (χ0v) is 17.4. The molecule has 28 heavy (non-hydrogen) atoms. The molecule has 3 aromatic rings. The van der Waals surface area contributed by atoms with Crippen molar-refractivity contribution in [2.24, 2.45) is 7.05 Å². The van der Waals surface area contributed by atoms with Gasteiger partial charge in [-0.1, -0.05) is 35.5 Å². The van der Waals surface area contributed by atoms with Crippen molar-refractivity contribution in [3.8, 4) is 5.75 Å². The van der Waals surface area contributed by atoms with Gasteiger partial charge in [0.15, 0.2) is 11.0 Å². The highest BCUT2D eigenvalue weighted by Crippen LogP contribution is 2.23. The predicted molar refractivity (Wildman–Crippen MR) is 112 cm³/mol. The minimum Gasteiger partial charge on any atom is -0.486 e. The topological polar surface area (TPSA) is 69.0 Å². The van der Waals surface area contributed by atoms with Crippen LogP contribution in [0.2, 0.25) is 5.02 Å². The number of aryl methyl sites for hydroxylation is 1. The lowest BCUT2D eigenvalue weighted by atomic mass is 10.2. The van der Waals surface area contributed by atoms with E-state index in [4.69, 9.17) is 16.3 Å². The molecule has 0 aliphatic carbocycles. The fourth-order valence-electron chi connectivity index (χ4n) is 2.43. The lowest BCUT2D eigenvalue weighted by molar-refractivity contribution is -0.115. The Hall–Kier alpha value is -2.51. The number of ether oxygens (including phenoxy) is 1. The van der Waals surface area contributed by atoms with E-state index in [0.29, 0.717) is 21.8 Å². The van der Waals surface area contributed by atoms with Crippen molar-refractivity contribution in [1.29, 1.82) is 0 Å². The summed E-state index contributed by atoms with van der Waals surface area (Å²) in [5, 5.41) is 12.3. The molecule has 1 unspecified atom stereocenters. The van der Waals surface area contributed by atoms with E-state index in [1.54, 1.807) is 24.3 Å². The van der Waals surface area contributed by atoms with E-state index in [2.05, 4.69) is 15.5 Å². The third kappa shape index (κ3) is 5.27. The van der Waals surface area contributed by atoms with Crippen LogP contribution in [0.5, 0.6) is 5.75 Å². The van der Waals surface area contributed by atoms with E-state index in [9.17, 15) is 4.79 Å². The first-order valence-corrected chi connectivity index (χ1v) is 9.99. The molecule has 0 saturated carbocycles. The Morgan fingerprint density at radius 3 is 2.71 bits per heavy atom. The van der Waals surface area contributed by atoms with Gasteiger partial charge in [0, 0.05) is 17.8 Å². The van der Waals surface area contributed by atoms with Crippen LogP contribution in [-0.4, -0.2) is 25.9 Å². The number of amides is 1. The molecular formula is C20H21ClN4O2S. The Morgan fingerprint density at radius 1 is 1.25 bits per heavy atom. The number of halogens is 1. The predicted octanol–water partition coefficient (Wildman–Crippen LogP) is 4.48. The summed E-state index contributed by atoms with van der Waals surface area (Å²) < 4.78 is 7.54. The van der Waals surface area contributed by atoms with Crippen molar-refractivity contribution < 1.29 is 9.53 Å². The van der Waals surface area contributed by atoms with Crippen LogP contribution in [0.4, 0.5) is 5.69 Å². The number of hydrogen-bond donors (Lipinski definition) is 1. The highest BCUT2D eigenvalue weighted by molar-refractivity contribution is 8.00. The summed E-state index contributed by atoms with van der Waals surface area (Å²) in [6, 6.07) is 14.8. The molecule has 0 fully saturated rings. The van der Waals surface area contributed by atoms with Crippen LogP contribution in [-0.2, 0) is 18.4 Å². The Bertz CT molecular complexity index is 959. The summed E-state index contributed by atoms with van der Waals surface area (Å²) >= 11 is 7.22. The average molecular weight is 417 g/mol. The monoisotopic (exact) mass is 416 g/mol. The summed E-state index contributed by atoms with van der Waals surface area (Å²) in [5.41, 5.74) is 1.88. The SMILES string of the molecule is Cc1cccc(NC(=O)C(C)Sc2nnc(COc3ccc(Cl)cc3)n2C)c1. The van der Waals surface area contributed by atoms with Gasteiger partial charge >= 0.3 is 0 Å². The Kier molecular flexibility index (Phi) is 6.59. The molecular weight excluding hydrogens is 396 g/mol. The molecule has 3 rings (SSSR count). The minimum absolute atomic E-state index is 0.0856. The molecule has 1 amide bonds. The number of nitrogens with zero attached hydrogens (tertiary/aromatic N) is 3. The molecule has 0 radical (unpaired) electrons. The van der Waals surface area contributed by atoms with Crippen LogP contribution in [0, 0.1) is 6.92 Å². The van der Waals surface area contributed by atoms with E-state index in [1.807, 2.05) is 49.7 Å². The Labute approximate surface area is 173 Å². The summed E-state index contributed by atoms with van der Waals surface area (Å²) in [4.78, 5) is 12.5. The van der Waals surface area contributed by atoms with E-state index in [-0.39, 0.29) is 17.8 Å². The van der Waals surface area contributed by atoms with Gasteiger partial charge in [-0.25, -0.2) is 0 Å². The van der Waals surface area contributed by atoms with Crippen molar-refractivity contribution in [2.75, 3.05) is 5.32 Å². The van der Waals surface area contributed by atoms with Crippen LogP contribution in [0.1, 0.15) is 18.3 Å². The van der Waals surface area contributed by atoms with Gasteiger partial charge in [-0.3, -0.25) is 4.79 Å². The molecule has 1 heterocycles. The summed E-state index contributed by atoms with van der Waals surface area (Å²) in [5.74, 6) is 1.29. The number of carbonyl (C=O) groups is 1. The summed E-state index contributed by atoms with van der Waals surface area (Å²) in [6.07, 6.45) is 0. The molecule has 0 saturated heterocycles. The van der Waals surface area contributed by atoms with Crippen molar-refractivity contribution in [3.05, 3.63) is 64.9 Å². The number of anilines is 1. The number of thioether (sulfide) groups is 1. The lowest BCUT2D eigenvalue weighted by Gasteiger charge is -2.12. The van der Waals surface area contributed by atoms with E-state index in [1.165, 1.54) is 11.8 Å². The Balaban J connectivity index is 1.58. The van der Waals surface area contributed by atoms with E-state index >= 15 is 0 Å². The molecule has 0 aliphatic rings. The van der Waals surface area contributed by atoms with Crippen LogP contribution >= 0.6 is 23.4 Å². The minimum atomic E-state index is -0.326. The molecule has 146 valence electrons. The van der Waals surface area contributed by atoms with Gasteiger partial charge in [0.25, 0.3) is 0 Å². The molecule has 0 bridgehead atoms. The smallest absolute Gasteiger partial charge is 0.237 e. The second kappa shape index (κ2) is 9.12. The first kappa shape index (κ1) is 20.2. The van der Waals surface area contributed by atoms with E-state index < -0.39 is 0 Å². The van der Waals surface area contributed by atoms with Crippen LogP contribution in [0.15, 0.2) is 53.7 Å². The Morgan fingerprint density at radius 2 is 2.00 bits per heavy atom. The van der Waals surface area contributed by atoms with Gasteiger partial charge in [0.1, 0.15) is 12.4 Å². The molecule has 6 nitrogen and oxygen atoms in total. The molecule has 1 aromatic heterocycles. The van der Waals surface area contributed by atoms with Crippen molar-refractivity contribution >= 4 is 35.0 Å². The lowest BCUT2D eigenvalue weighted by Crippen LogP contribution is -2.22. The van der Waals surface area contributed by atoms with Gasteiger partial charge in [0.05, 0.1) is 5.25 Å². The normalized spacial score (nSPS) is 11.9. The first-order valence-electron chi connectivity index (χ1n) is 8.73. The maximum Gasteiger partial charge on any atom is 0.237 e. The number of benzene rings is 2. The number of carbonyl (C=O) groups excluding carboxylic acids is 1. The summed E-state index contributed by atoms with van der Waals surface area (Å²) in [7, 11) is 1.86. The van der Waals surface area contributed by atoms with Gasteiger partial charge in [-0.05, 0) is 55.8 Å². The fourth-order valence-corrected chi connectivity index (χ4v) is 3.39. The second-order valence-corrected chi connectivity index (χ2v) is 8.06. The quantitative estimate of drug-likeness (QED) is 0.575. The molecule has 0 aliphatic heterocycles. The summed E-state index contributed by atoms with van der Waals surface area (Å²) in [6.45, 7) is 4.10. The fraction of sp³-hybridized carbons (Fsp3) is 0.250. The van der Waals surface area contributed by atoms with Crippen LogP contribution < -0.4 is 10.1 Å². The third-order valence-corrected chi connectivity index (χ3v) is 5.43. The molecule has 0 spiro atoms. The second-order valence-electron chi connectivity index (χ2n) is 6.32. The van der Waals surface area contributed by atoms with E-state index in [0.717, 1.165) is 11.3 Å².